The average molecular weight is 467 g/mol. The van der Waals surface area contributed by atoms with E-state index >= 15 is 0 Å². The first-order valence-electron chi connectivity index (χ1n) is 9.94. The average Bonchev–Trinajstić information content (AvgIpc) is 3.16. The maximum absolute atomic E-state index is 12.4. The molecule has 0 radical (unpaired) electrons. The lowest BCUT2D eigenvalue weighted by molar-refractivity contribution is -0.192. The van der Waals surface area contributed by atoms with Crippen LogP contribution in [0.2, 0.25) is 0 Å². The summed E-state index contributed by atoms with van der Waals surface area (Å²) >= 11 is 0. The highest BCUT2D eigenvalue weighted by Gasteiger charge is 2.38. The van der Waals surface area contributed by atoms with Gasteiger partial charge in [0.2, 0.25) is 5.91 Å². The number of nitrogens with two attached hydrogens (primary N) is 1. The Morgan fingerprint density at radius 1 is 1.19 bits per heavy atom. The number of aliphatic carboxylic acids is 1. The van der Waals surface area contributed by atoms with Crippen LogP contribution in [0.5, 0.6) is 0 Å². The summed E-state index contributed by atoms with van der Waals surface area (Å²) in [4.78, 5) is 36.6. The van der Waals surface area contributed by atoms with E-state index in [-0.39, 0.29) is 12.0 Å². The van der Waals surface area contributed by atoms with Gasteiger partial charge < -0.3 is 25.4 Å². The molecule has 0 saturated carbocycles. The van der Waals surface area contributed by atoms with E-state index in [1.54, 1.807) is 21.5 Å². The number of carbonyl (C=O) groups is 3. The van der Waals surface area contributed by atoms with Gasteiger partial charge in [-0.2, -0.15) is 13.2 Å². The SMILES string of the molecule is CCCCOC(=O)N1CCN(C(=O)[C@@H](N)CCc2nnnn2C)CC1.O=C(O)C(F)(F)F. The largest absolute Gasteiger partial charge is 0.490 e. The third-order valence-electron chi connectivity index (χ3n) is 4.52. The Labute approximate surface area is 182 Å². The Bertz CT molecular complexity index is 751. The molecular formula is C17H28F3N7O5. The summed E-state index contributed by atoms with van der Waals surface area (Å²) < 4.78 is 38.5. The number of halogens is 3. The molecule has 3 N–H and O–H groups in total. The summed E-state index contributed by atoms with van der Waals surface area (Å²) in [7, 11) is 1.75. The number of carbonyl (C=O) groups excluding carboxylic acids is 2. The van der Waals surface area contributed by atoms with Gasteiger partial charge in [0.1, 0.15) is 0 Å². The van der Waals surface area contributed by atoms with Crippen LogP contribution in [0.15, 0.2) is 0 Å². The van der Waals surface area contributed by atoms with Gasteiger partial charge in [-0.15, -0.1) is 5.10 Å². The monoisotopic (exact) mass is 467 g/mol. The Balaban J connectivity index is 0.000000633. The first kappa shape index (κ1) is 27.1. The number of carboxylic acids is 1. The smallest absolute Gasteiger partial charge is 0.475 e. The fourth-order valence-electron chi connectivity index (χ4n) is 2.61. The Hall–Kier alpha value is -2.97. The van der Waals surface area contributed by atoms with Crippen molar-refractivity contribution in [2.75, 3.05) is 32.8 Å². The van der Waals surface area contributed by atoms with Crippen LogP contribution in [-0.4, -0.2) is 98.1 Å². The van der Waals surface area contributed by atoms with Crippen molar-refractivity contribution in [2.45, 2.75) is 44.8 Å². The number of amides is 2. The number of carboxylic acid groups (broad SMARTS) is 1. The van der Waals surface area contributed by atoms with E-state index < -0.39 is 18.2 Å². The van der Waals surface area contributed by atoms with Crippen LogP contribution in [0.25, 0.3) is 0 Å². The minimum atomic E-state index is -5.08. The van der Waals surface area contributed by atoms with Gasteiger partial charge in [-0.3, -0.25) is 4.79 Å². The second-order valence-electron chi connectivity index (χ2n) is 6.95. The zero-order valence-corrected chi connectivity index (χ0v) is 17.9. The number of rotatable bonds is 7. The van der Waals surface area contributed by atoms with Gasteiger partial charge in [0, 0.05) is 39.6 Å². The third kappa shape index (κ3) is 9.03. The molecule has 0 unspecified atom stereocenters. The standard InChI is InChI=1S/C15H27N7O3.C2HF3O2/c1-3-4-11-25-15(24)22-9-7-21(8-10-22)14(23)12(16)5-6-13-17-18-19-20(13)2;3-2(4,5)1(6)7/h12H,3-11,16H2,1-2H3;(H,6,7)/t12-;/m0./s1. The predicted molar refractivity (Wildman–Crippen MR) is 103 cm³/mol. The number of hydrogen-bond acceptors (Lipinski definition) is 8. The van der Waals surface area contributed by atoms with Crippen molar-refractivity contribution in [3.8, 4) is 0 Å². The molecule has 182 valence electrons. The van der Waals surface area contributed by atoms with Crippen LogP contribution in [0.3, 0.4) is 0 Å². The number of alkyl halides is 3. The quantitative estimate of drug-likeness (QED) is 0.534. The minimum absolute atomic E-state index is 0.103. The van der Waals surface area contributed by atoms with E-state index in [0.717, 1.165) is 12.8 Å². The molecule has 1 aromatic rings. The number of piperazine rings is 1. The summed E-state index contributed by atoms with van der Waals surface area (Å²) in [6, 6.07) is -0.597. The summed E-state index contributed by atoms with van der Waals surface area (Å²) in [5.74, 6) is -2.16. The van der Waals surface area contributed by atoms with E-state index in [1.165, 1.54) is 0 Å². The fraction of sp³-hybridized carbons (Fsp3) is 0.765. The first-order valence-corrected chi connectivity index (χ1v) is 9.94. The number of nitrogens with zero attached hydrogens (tertiary/aromatic N) is 6. The third-order valence-corrected chi connectivity index (χ3v) is 4.52. The molecule has 2 rings (SSSR count). The molecule has 0 spiro atoms. The molecule has 2 amide bonds. The lowest BCUT2D eigenvalue weighted by atomic mass is 10.1. The first-order chi connectivity index (χ1) is 15.0. The van der Waals surface area contributed by atoms with Crippen molar-refractivity contribution >= 4 is 18.0 Å². The summed E-state index contributed by atoms with van der Waals surface area (Å²) in [5.41, 5.74) is 6.02. The maximum Gasteiger partial charge on any atom is 0.490 e. The fourth-order valence-corrected chi connectivity index (χ4v) is 2.61. The van der Waals surface area contributed by atoms with Gasteiger partial charge in [-0.25, -0.2) is 14.3 Å². The van der Waals surface area contributed by atoms with Crippen molar-refractivity contribution in [1.82, 2.24) is 30.0 Å². The molecule has 1 fully saturated rings. The number of unbranched alkanes of at least 4 members (excludes halogenated alkanes) is 1. The van der Waals surface area contributed by atoms with Crippen molar-refractivity contribution in [3.63, 3.8) is 0 Å². The molecule has 0 bridgehead atoms. The highest BCUT2D eigenvalue weighted by molar-refractivity contribution is 5.82. The minimum Gasteiger partial charge on any atom is -0.475 e. The number of aryl methyl sites for hydroxylation is 2. The number of ether oxygens (including phenoxy) is 1. The molecule has 1 saturated heterocycles. The van der Waals surface area contributed by atoms with Crippen LogP contribution in [0, 0.1) is 0 Å². The van der Waals surface area contributed by atoms with Crippen molar-refractivity contribution in [3.05, 3.63) is 5.82 Å². The van der Waals surface area contributed by atoms with Gasteiger partial charge in [-0.05, 0) is 23.3 Å². The zero-order chi connectivity index (χ0) is 24.3. The van der Waals surface area contributed by atoms with Gasteiger partial charge in [-0.1, -0.05) is 13.3 Å². The topological polar surface area (TPSA) is 157 Å². The molecule has 12 nitrogen and oxygen atoms in total. The Morgan fingerprint density at radius 3 is 2.22 bits per heavy atom. The van der Waals surface area contributed by atoms with Crippen LogP contribution in [-0.2, 0) is 27.8 Å². The highest BCUT2D eigenvalue weighted by atomic mass is 19.4. The van der Waals surface area contributed by atoms with Gasteiger partial charge in [0.05, 0.1) is 12.6 Å². The molecule has 0 aromatic carbocycles. The summed E-state index contributed by atoms with van der Waals surface area (Å²) in [6.07, 6.45) is -2.52. The van der Waals surface area contributed by atoms with E-state index in [0.29, 0.717) is 51.5 Å². The van der Waals surface area contributed by atoms with Crippen LogP contribution in [0.1, 0.15) is 32.0 Å². The van der Waals surface area contributed by atoms with Crippen molar-refractivity contribution in [2.24, 2.45) is 12.8 Å². The molecule has 1 aliphatic heterocycles. The summed E-state index contributed by atoms with van der Waals surface area (Å²) in [5, 5.41) is 18.3. The van der Waals surface area contributed by atoms with Crippen LogP contribution < -0.4 is 5.73 Å². The van der Waals surface area contributed by atoms with Crippen molar-refractivity contribution in [1.29, 1.82) is 0 Å². The number of hydrogen-bond donors (Lipinski definition) is 2. The Kier molecular flexibility index (Phi) is 10.8. The van der Waals surface area contributed by atoms with Gasteiger partial charge in [0.25, 0.3) is 0 Å². The second-order valence-corrected chi connectivity index (χ2v) is 6.95. The van der Waals surface area contributed by atoms with E-state index in [1.807, 2.05) is 6.92 Å². The highest BCUT2D eigenvalue weighted by Crippen LogP contribution is 2.13. The van der Waals surface area contributed by atoms with E-state index in [2.05, 4.69) is 15.5 Å². The van der Waals surface area contributed by atoms with Crippen LogP contribution in [0.4, 0.5) is 18.0 Å². The molecule has 1 aromatic heterocycles. The Morgan fingerprint density at radius 2 is 1.75 bits per heavy atom. The second kappa shape index (κ2) is 12.8. The lowest BCUT2D eigenvalue weighted by Crippen LogP contribution is -2.54. The molecule has 1 aliphatic rings. The molecule has 1 atom stereocenters. The summed E-state index contributed by atoms with van der Waals surface area (Å²) in [6.45, 7) is 4.37. The van der Waals surface area contributed by atoms with Crippen molar-refractivity contribution < 1.29 is 37.4 Å². The molecule has 15 heteroatoms. The van der Waals surface area contributed by atoms with Gasteiger partial charge in [0.15, 0.2) is 5.82 Å². The van der Waals surface area contributed by atoms with E-state index in [4.69, 9.17) is 20.4 Å². The molecule has 32 heavy (non-hydrogen) atoms. The zero-order valence-electron chi connectivity index (χ0n) is 17.9. The van der Waals surface area contributed by atoms with E-state index in [9.17, 15) is 22.8 Å². The molecule has 2 heterocycles. The molecular weight excluding hydrogens is 439 g/mol. The number of aromatic nitrogens is 4. The predicted octanol–water partition coefficient (Wildman–Crippen LogP) is 0.184. The number of tetrazole rings is 1. The van der Waals surface area contributed by atoms with Crippen LogP contribution >= 0.6 is 0 Å². The van der Waals surface area contributed by atoms with Gasteiger partial charge >= 0.3 is 18.2 Å². The normalized spacial score (nSPS) is 14.9. The maximum atomic E-state index is 12.4. The lowest BCUT2D eigenvalue weighted by Gasteiger charge is -2.35. The molecule has 0 aliphatic carbocycles.